The molecular weight excluding hydrogens is 462 g/mol. The van der Waals surface area contributed by atoms with Gasteiger partial charge in [-0.1, -0.05) is 56.9 Å². The highest BCUT2D eigenvalue weighted by molar-refractivity contribution is 7.89. The molecule has 2 aromatic rings. The first-order chi connectivity index (χ1) is 16.9. The first-order valence-electron chi connectivity index (χ1n) is 12.7. The maximum Gasteiger partial charge on any atom is 0.243 e. The van der Waals surface area contributed by atoms with Crippen LogP contribution in [0.15, 0.2) is 53.4 Å². The number of nitrogens with one attached hydrogen (secondary N) is 2. The van der Waals surface area contributed by atoms with Crippen LogP contribution in [0.3, 0.4) is 0 Å². The summed E-state index contributed by atoms with van der Waals surface area (Å²) in [5.74, 6) is -0.232. The van der Waals surface area contributed by atoms with Gasteiger partial charge in [0, 0.05) is 31.1 Å². The molecule has 1 heterocycles. The van der Waals surface area contributed by atoms with E-state index in [1.165, 1.54) is 29.3 Å². The van der Waals surface area contributed by atoms with Crippen molar-refractivity contribution in [1.29, 1.82) is 0 Å². The number of carbonyl (C=O) groups excluding carboxylic acids is 2. The van der Waals surface area contributed by atoms with E-state index in [1.807, 2.05) is 24.3 Å². The van der Waals surface area contributed by atoms with Crippen molar-refractivity contribution >= 4 is 27.5 Å². The zero-order valence-corrected chi connectivity index (χ0v) is 21.1. The lowest BCUT2D eigenvalue weighted by atomic mass is 9.92. The maximum absolute atomic E-state index is 13.7. The molecule has 4 rings (SSSR count). The van der Waals surface area contributed by atoms with Gasteiger partial charge in [0.05, 0.1) is 10.9 Å². The van der Waals surface area contributed by atoms with Gasteiger partial charge in [-0.3, -0.25) is 9.59 Å². The summed E-state index contributed by atoms with van der Waals surface area (Å²) < 4.78 is 28.9. The lowest BCUT2D eigenvalue weighted by Crippen LogP contribution is -2.43. The number of rotatable bonds is 7. The van der Waals surface area contributed by atoms with Crippen molar-refractivity contribution in [2.45, 2.75) is 81.7 Å². The molecule has 188 valence electrons. The molecule has 1 atom stereocenters. The minimum absolute atomic E-state index is 0.0946. The maximum atomic E-state index is 13.7. The van der Waals surface area contributed by atoms with E-state index in [1.54, 1.807) is 19.1 Å². The fourth-order valence-corrected chi connectivity index (χ4v) is 6.71. The van der Waals surface area contributed by atoms with E-state index in [0.29, 0.717) is 25.1 Å². The van der Waals surface area contributed by atoms with Gasteiger partial charge in [0.25, 0.3) is 0 Å². The van der Waals surface area contributed by atoms with Gasteiger partial charge >= 0.3 is 0 Å². The van der Waals surface area contributed by atoms with Crippen molar-refractivity contribution in [3.05, 3.63) is 59.7 Å². The fraction of sp³-hybridized carbons (Fsp3) is 0.481. The number of hydrogen-bond acceptors (Lipinski definition) is 4. The Morgan fingerprint density at radius 3 is 2.31 bits per heavy atom. The van der Waals surface area contributed by atoms with Crippen LogP contribution < -0.4 is 10.6 Å². The Morgan fingerprint density at radius 2 is 1.63 bits per heavy atom. The molecule has 2 N–H and O–H groups in total. The van der Waals surface area contributed by atoms with Gasteiger partial charge in [-0.15, -0.1) is 0 Å². The van der Waals surface area contributed by atoms with Crippen LogP contribution in [0.4, 0.5) is 5.69 Å². The highest BCUT2D eigenvalue weighted by Crippen LogP contribution is 2.36. The molecular formula is C27H35N3O4S. The minimum atomic E-state index is -3.85. The van der Waals surface area contributed by atoms with Crippen LogP contribution in [0, 0.1) is 0 Å². The van der Waals surface area contributed by atoms with Gasteiger partial charge < -0.3 is 10.6 Å². The Kier molecular flexibility index (Phi) is 8.23. The summed E-state index contributed by atoms with van der Waals surface area (Å²) >= 11 is 0. The van der Waals surface area contributed by atoms with Crippen LogP contribution in [0.25, 0.3) is 0 Å². The Morgan fingerprint density at radius 1 is 0.943 bits per heavy atom. The molecule has 7 nitrogen and oxygen atoms in total. The molecule has 1 fully saturated rings. The number of benzene rings is 2. The predicted molar refractivity (Wildman–Crippen MR) is 136 cm³/mol. The molecule has 0 spiro atoms. The third-order valence-electron chi connectivity index (χ3n) is 7.03. The van der Waals surface area contributed by atoms with Crippen LogP contribution in [-0.2, 0) is 26.0 Å². The first-order valence-corrected chi connectivity index (χ1v) is 14.1. The zero-order valence-electron chi connectivity index (χ0n) is 20.3. The average Bonchev–Trinajstić information content (AvgIpc) is 3.13. The lowest BCUT2D eigenvalue weighted by Gasteiger charge is -2.36. The van der Waals surface area contributed by atoms with Gasteiger partial charge in [0.2, 0.25) is 21.8 Å². The lowest BCUT2D eigenvalue weighted by molar-refractivity contribution is -0.123. The SMILES string of the molecule is CCC(=O)Nc1ccc(S(=O)(=O)N2CCc3ccccc3[C@@H]2CC(=O)NC2CCCCCC2)cc1. The number of sulfonamides is 1. The normalized spacial score (nSPS) is 19.4. The number of anilines is 1. The Bertz CT molecular complexity index is 1140. The summed E-state index contributed by atoms with van der Waals surface area (Å²) in [4.78, 5) is 24.9. The highest BCUT2D eigenvalue weighted by Gasteiger charge is 2.37. The molecule has 8 heteroatoms. The third-order valence-corrected chi connectivity index (χ3v) is 8.95. The van der Waals surface area contributed by atoms with Crippen LogP contribution in [0.5, 0.6) is 0 Å². The third kappa shape index (κ3) is 6.11. The summed E-state index contributed by atoms with van der Waals surface area (Å²) in [6, 6.07) is 13.6. The molecule has 0 saturated heterocycles. The molecule has 2 aliphatic rings. The number of hydrogen-bond donors (Lipinski definition) is 2. The average molecular weight is 498 g/mol. The van der Waals surface area contributed by atoms with Crippen LogP contribution >= 0.6 is 0 Å². The molecule has 1 aliphatic carbocycles. The molecule has 0 radical (unpaired) electrons. The highest BCUT2D eigenvalue weighted by atomic mass is 32.2. The second kappa shape index (κ2) is 11.4. The molecule has 1 saturated carbocycles. The van der Waals surface area contributed by atoms with E-state index in [2.05, 4.69) is 10.6 Å². The molecule has 0 unspecified atom stereocenters. The predicted octanol–water partition coefficient (Wildman–Crippen LogP) is 4.55. The van der Waals surface area contributed by atoms with Crippen molar-refractivity contribution in [3.8, 4) is 0 Å². The van der Waals surface area contributed by atoms with Crippen LogP contribution in [0.1, 0.15) is 75.5 Å². The Labute approximate surface area is 208 Å². The van der Waals surface area contributed by atoms with E-state index in [-0.39, 0.29) is 29.2 Å². The monoisotopic (exact) mass is 497 g/mol. The summed E-state index contributed by atoms with van der Waals surface area (Å²) in [7, 11) is -3.85. The largest absolute Gasteiger partial charge is 0.353 e. The minimum Gasteiger partial charge on any atom is -0.353 e. The zero-order chi connectivity index (χ0) is 24.8. The number of amides is 2. The van der Waals surface area contributed by atoms with Gasteiger partial charge in [-0.05, 0) is 54.7 Å². The number of carbonyl (C=O) groups is 2. The summed E-state index contributed by atoms with van der Waals surface area (Å²) in [5.41, 5.74) is 2.54. The van der Waals surface area contributed by atoms with Crippen molar-refractivity contribution in [1.82, 2.24) is 9.62 Å². The van der Waals surface area contributed by atoms with Gasteiger partial charge in [-0.2, -0.15) is 4.31 Å². The second-order valence-corrected chi connectivity index (χ2v) is 11.4. The molecule has 2 amide bonds. The van der Waals surface area contributed by atoms with Crippen LogP contribution in [-0.4, -0.2) is 37.1 Å². The van der Waals surface area contributed by atoms with Crippen molar-refractivity contribution in [3.63, 3.8) is 0 Å². The summed E-state index contributed by atoms with van der Waals surface area (Å²) in [6.45, 7) is 2.07. The van der Waals surface area contributed by atoms with E-state index >= 15 is 0 Å². The quantitative estimate of drug-likeness (QED) is 0.549. The fourth-order valence-electron chi connectivity index (χ4n) is 5.11. The molecule has 0 aromatic heterocycles. The van der Waals surface area contributed by atoms with Crippen LogP contribution in [0.2, 0.25) is 0 Å². The van der Waals surface area contributed by atoms with E-state index in [0.717, 1.165) is 36.8 Å². The van der Waals surface area contributed by atoms with E-state index in [9.17, 15) is 18.0 Å². The molecule has 35 heavy (non-hydrogen) atoms. The van der Waals surface area contributed by atoms with Crippen molar-refractivity contribution < 1.29 is 18.0 Å². The molecule has 1 aliphatic heterocycles. The van der Waals surface area contributed by atoms with E-state index in [4.69, 9.17) is 0 Å². The number of nitrogens with zero attached hydrogens (tertiary/aromatic N) is 1. The molecule has 2 aromatic carbocycles. The first kappa shape index (κ1) is 25.4. The van der Waals surface area contributed by atoms with Gasteiger partial charge in [-0.25, -0.2) is 8.42 Å². The van der Waals surface area contributed by atoms with Crippen molar-refractivity contribution in [2.75, 3.05) is 11.9 Å². The molecule has 0 bridgehead atoms. The number of fused-ring (bicyclic) bond motifs is 1. The van der Waals surface area contributed by atoms with E-state index < -0.39 is 16.1 Å². The summed E-state index contributed by atoms with van der Waals surface area (Å²) in [6.07, 6.45) is 7.64. The van der Waals surface area contributed by atoms with Crippen molar-refractivity contribution in [2.24, 2.45) is 0 Å². The standard InChI is InChI=1S/C27H35N3O4S/c1-2-26(31)28-22-13-15-23(16-14-22)35(33,34)30-18-17-20-9-7-8-12-24(20)25(30)19-27(32)29-21-10-5-3-4-6-11-21/h7-9,12-16,21,25H,2-6,10-11,17-19H2,1H3,(H,28,31)(H,29,32)/t25-/m0/s1. The second-order valence-electron chi connectivity index (χ2n) is 9.47. The van der Waals surface area contributed by atoms with Gasteiger partial charge in [0.15, 0.2) is 0 Å². The Balaban J connectivity index is 1.57. The topological polar surface area (TPSA) is 95.6 Å². The van der Waals surface area contributed by atoms with Gasteiger partial charge in [0.1, 0.15) is 0 Å². The smallest absolute Gasteiger partial charge is 0.243 e. The summed E-state index contributed by atoms with van der Waals surface area (Å²) in [5, 5.41) is 5.92. The Hall–Kier alpha value is -2.71.